The minimum Gasteiger partial charge on any atom is -0.460 e. The Labute approximate surface area is 186 Å². The quantitative estimate of drug-likeness (QED) is 0.527. The Hall–Kier alpha value is -1.96. The largest absolute Gasteiger partial charge is 0.460 e. The van der Waals surface area contributed by atoms with Gasteiger partial charge < -0.3 is 14.6 Å². The summed E-state index contributed by atoms with van der Waals surface area (Å²) in [6, 6.07) is 0. The predicted molar refractivity (Wildman–Crippen MR) is 118 cm³/mol. The van der Waals surface area contributed by atoms with Gasteiger partial charge in [-0.25, -0.2) is 0 Å². The van der Waals surface area contributed by atoms with E-state index in [-0.39, 0.29) is 30.8 Å². The van der Waals surface area contributed by atoms with E-state index in [1.165, 1.54) is 38.5 Å². The summed E-state index contributed by atoms with van der Waals surface area (Å²) >= 11 is 0. The van der Waals surface area contributed by atoms with Crippen molar-refractivity contribution in [3.8, 4) is 0 Å². The highest BCUT2D eigenvalue weighted by atomic mass is 16.6. The first-order valence-electron chi connectivity index (χ1n) is 11.6. The molecule has 8 heteroatoms. The van der Waals surface area contributed by atoms with Crippen LogP contribution in [0.25, 0.3) is 0 Å². The summed E-state index contributed by atoms with van der Waals surface area (Å²) in [6.45, 7) is 6.27. The van der Waals surface area contributed by atoms with E-state index in [0.717, 1.165) is 18.8 Å². The van der Waals surface area contributed by atoms with Crippen LogP contribution in [0.4, 0.5) is 0 Å². The van der Waals surface area contributed by atoms with E-state index in [1.807, 2.05) is 32.7 Å². The number of aromatic nitrogens is 2. The third-order valence-corrected chi connectivity index (χ3v) is 5.66. The molecule has 0 aliphatic heterocycles. The first kappa shape index (κ1) is 25.3. The lowest BCUT2D eigenvalue weighted by molar-refractivity contribution is -0.155. The lowest BCUT2D eigenvalue weighted by atomic mass is 9.84. The number of nitrogens with zero attached hydrogens (tertiary/aromatic N) is 3. The van der Waals surface area contributed by atoms with Gasteiger partial charge in [-0.15, -0.1) is 0 Å². The van der Waals surface area contributed by atoms with Gasteiger partial charge >= 0.3 is 5.97 Å². The molecule has 1 aliphatic carbocycles. The van der Waals surface area contributed by atoms with Crippen LogP contribution in [0.2, 0.25) is 0 Å². The van der Waals surface area contributed by atoms with Crippen molar-refractivity contribution in [2.45, 2.75) is 96.6 Å². The molecule has 176 valence electrons. The molecule has 0 saturated heterocycles. The zero-order valence-electron chi connectivity index (χ0n) is 19.9. The molecule has 1 aromatic heterocycles. The van der Waals surface area contributed by atoms with E-state index in [4.69, 9.17) is 9.26 Å². The molecule has 1 amide bonds. The minimum atomic E-state index is -0.522. The van der Waals surface area contributed by atoms with Gasteiger partial charge in [-0.2, -0.15) is 4.98 Å². The maximum atomic E-state index is 12.5. The van der Waals surface area contributed by atoms with Gasteiger partial charge in [0.1, 0.15) is 5.60 Å². The first-order chi connectivity index (χ1) is 14.7. The Balaban J connectivity index is 1.98. The Kier molecular flexibility index (Phi) is 9.93. The average molecular weight is 437 g/mol. The average Bonchev–Trinajstić information content (AvgIpc) is 3.14. The summed E-state index contributed by atoms with van der Waals surface area (Å²) in [5.41, 5.74) is -0.522. The maximum absolute atomic E-state index is 12.5. The fraction of sp³-hybridized carbons (Fsp3) is 0.826. The van der Waals surface area contributed by atoms with E-state index >= 15 is 0 Å². The van der Waals surface area contributed by atoms with E-state index in [0.29, 0.717) is 18.3 Å². The van der Waals surface area contributed by atoms with Crippen molar-refractivity contribution in [3.05, 3.63) is 11.7 Å². The molecule has 0 bridgehead atoms. The highest BCUT2D eigenvalue weighted by Crippen LogP contribution is 2.31. The van der Waals surface area contributed by atoms with Gasteiger partial charge in [-0.3, -0.25) is 14.5 Å². The highest BCUT2D eigenvalue weighted by Gasteiger charge is 2.26. The fourth-order valence-corrected chi connectivity index (χ4v) is 4.14. The summed E-state index contributed by atoms with van der Waals surface area (Å²) < 4.78 is 11.1. The Morgan fingerprint density at radius 2 is 1.97 bits per heavy atom. The Morgan fingerprint density at radius 1 is 1.26 bits per heavy atom. The van der Waals surface area contributed by atoms with Gasteiger partial charge in [-0.05, 0) is 40.2 Å². The molecular weight excluding hydrogens is 396 g/mol. The van der Waals surface area contributed by atoms with Crippen molar-refractivity contribution in [3.63, 3.8) is 0 Å². The lowest BCUT2D eigenvalue weighted by Crippen LogP contribution is -2.32. The number of amides is 1. The molecule has 8 nitrogen and oxygen atoms in total. The SMILES string of the molecule is CNC(=O)CN(C)Cc1noc([C@H](CCCC2CCCCC2)CC(=O)OC(C)(C)C)n1. The standard InChI is InChI=1S/C23H40N4O4/c1-23(2,3)30-21(29)14-18(13-9-12-17-10-7-6-8-11-17)22-25-19(26-31-22)15-27(5)16-20(28)24-4/h17-18H,6-16H2,1-5H3,(H,24,28)/t18-/m1/s1. The second-order valence-electron chi connectivity index (χ2n) is 9.82. The second-order valence-corrected chi connectivity index (χ2v) is 9.82. The number of rotatable bonds is 11. The molecule has 31 heavy (non-hydrogen) atoms. The molecule has 0 radical (unpaired) electrons. The molecule has 1 atom stereocenters. The normalized spacial score (nSPS) is 16.3. The number of nitrogens with one attached hydrogen (secondary N) is 1. The Morgan fingerprint density at radius 3 is 2.61 bits per heavy atom. The summed E-state index contributed by atoms with van der Waals surface area (Å²) in [4.78, 5) is 30.4. The third-order valence-electron chi connectivity index (χ3n) is 5.66. The summed E-state index contributed by atoms with van der Waals surface area (Å²) in [6.07, 6.45) is 9.94. The minimum absolute atomic E-state index is 0.0725. The lowest BCUT2D eigenvalue weighted by Gasteiger charge is -2.23. The van der Waals surface area contributed by atoms with Crippen molar-refractivity contribution < 1.29 is 18.8 Å². The smallest absolute Gasteiger partial charge is 0.307 e. The van der Waals surface area contributed by atoms with Gasteiger partial charge in [0.25, 0.3) is 0 Å². The van der Waals surface area contributed by atoms with Crippen molar-refractivity contribution >= 4 is 11.9 Å². The van der Waals surface area contributed by atoms with Crippen LogP contribution >= 0.6 is 0 Å². The molecule has 2 rings (SSSR count). The van der Waals surface area contributed by atoms with Gasteiger partial charge in [0.05, 0.1) is 19.5 Å². The number of carbonyl (C=O) groups is 2. The van der Waals surface area contributed by atoms with Crippen molar-refractivity contribution in [2.24, 2.45) is 5.92 Å². The third kappa shape index (κ3) is 9.80. The van der Waals surface area contributed by atoms with E-state index < -0.39 is 5.60 Å². The maximum Gasteiger partial charge on any atom is 0.307 e. The molecule has 0 aromatic carbocycles. The van der Waals surface area contributed by atoms with E-state index in [1.54, 1.807) is 7.05 Å². The predicted octanol–water partition coefficient (Wildman–Crippen LogP) is 3.81. The van der Waals surface area contributed by atoms with Crippen LogP contribution in [0.1, 0.15) is 96.2 Å². The number of ether oxygens (including phenoxy) is 1. The van der Waals surface area contributed by atoms with Crippen molar-refractivity contribution in [1.29, 1.82) is 0 Å². The highest BCUT2D eigenvalue weighted by molar-refractivity contribution is 5.77. The molecule has 1 N–H and O–H groups in total. The molecule has 1 aromatic rings. The Bertz CT molecular complexity index is 692. The fourth-order valence-electron chi connectivity index (χ4n) is 4.14. The van der Waals surface area contributed by atoms with Crippen LogP contribution in [0.5, 0.6) is 0 Å². The van der Waals surface area contributed by atoms with Crippen LogP contribution < -0.4 is 5.32 Å². The van der Waals surface area contributed by atoms with Crippen LogP contribution in [0.15, 0.2) is 4.52 Å². The summed E-state index contributed by atoms with van der Waals surface area (Å²) in [5.74, 6) is 1.33. The molecule has 1 aliphatic rings. The van der Waals surface area contributed by atoms with Gasteiger partial charge in [0, 0.05) is 13.0 Å². The number of esters is 1. The number of hydrogen-bond acceptors (Lipinski definition) is 7. The van der Waals surface area contributed by atoms with Crippen LogP contribution in [-0.2, 0) is 20.9 Å². The van der Waals surface area contributed by atoms with Crippen LogP contribution in [-0.4, -0.2) is 53.2 Å². The summed E-state index contributed by atoms with van der Waals surface area (Å²) in [7, 11) is 3.44. The molecule has 1 heterocycles. The van der Waals surface area contributed by atoms with E-state index in [2.05, 4.69) is 15.5 Å². The van der Waals surface area contributed by atoms with Gasteiger partial charge in [0.2, 0.25) is 11.8 Å². The zero-order valence-corrected chi connectivity index (χ0v) is 19.9. The number of likely N-dealkylation sites (N-methyl/N-ethyl adjacent to an activating group) is 2. The molecular formula is C23H40N4O4. The van der Waals surface area contributed by atoms with Crippen molar-refractivity contribution in [1.82, 2.24) is 20.4 Å². The van der Waals surface area contributed by atoms with Gasteiger partial charge in [0.15, 0.2) is 5.82 Å². The summed E-state index contributed by atoms with van der Waals surface area (Å²) in [5, 5.41) is 6.68. The van der Waals surface area contributed by atoms with Crippen LogP contribution in [0.3, 0.4) is 0 Å². The molecule has 1 fully saturated rings. The molecule has 1 saturated carbocycles. The van der Waals surface area contributed by atoms with Crippen molar-refractivity contribution in [2.75, 3.05) is 20.6 Å². The van der Waals surface area contributed by atoms with Crippen LogP contribution in [0, 0.1) is 5.92 Å². The zero-order chi connectivity index (χ0) is 22.9. The number of carbonyl (C=O) groups excluding carboxylic acids is 2. The molecule has 0 spiro atoms. The number of hydrogen-bond donors (Lipinski definition) is 1. The van der Waals surface area contributed by atoms with Gasteiger partial charge in [-0.1, -0.05) is 50.1 Å². The monoisotopic (exact) mass is 436 g/mol. The van der Waals surface area contributed by atoms with E-state index in [9.17, 15) is 9.59 Å². The topological polar surface area (TPSA) is 97.6 Å². The second kappa shape index (κ2) is 12.2. The molecule has 0 unspecified atom stereocenters. The first-order valence-corrected chi connectivity index (χ1v) is 11.6.